The fourth-order valence-corrected chi connectivity index (χ4v) is 3.69. The molecule has 126 valence electrons. The summed E-state index contributed by atoms with van der Waals surface area (Å²) in [6, 6.07) is 6.30. The van der Waals surface area contributed by atoms with Crippen LogP contribution in [-0.4, -0.2) is 68.1 Å². The number of nitrogens with two attached hydrogens (primary N) is 1. The summed E-state index contributed by atoms with van der Waals surface area (Å²) in [5.41, 5.74) is 9.56. The molecule has 1 aromatic rings. The van der Waals surface area contributed by atoms with E-state index in [1.165, 1.54) is 11.1 Å². The molecule has 2 atom stereocenters. The van der Waals surface area contributed by atoms with Gasteiger partial charge in [0.1, 0.15) is 0 Å². The first-order chi connectivity index (χ1) is 11.1. The maximum atomic E-state index is 12.7. The molecule has 0 spiro atoms. The van der Waals surface area contributed by atoms with Gasteiger partial charge in [0.15, 0.2) is 0 Å². The van der Waals surface area contributed by atoms with Crippen molar-refractivity contribution in [2.24, 2.45) is 5.73 Å². The molecule has 2 aliphatic rings. The monoisotopic (exact) mass is 316 g/mol. The molecular weight excluding hydrogens is 288 g/mol. The standard InChI is InChI=1S/C18H28N4O/c1-13-11-14(18(23)22-9-7-21(2)8-10-22)3-4-15(13)16-5-6-20-12-17(16)19/h3-4,11,16-17,20H,5-10,12,19H2,1-2H3. The molecule has 0 aliphatic carbocycles. The van der Waals surface area contributed by atoms with E-state index in [4.69, 9.17) is 5.73 Å². The largest absolute Gasteiger partial charge is 0.336 e. The van der Waals surface area contributed by atoms with Crippen molar-refractivity contribution in [2.75, 3.05) is 46.3 Å². The van der Waals surface area contributed by atoms with Gasteiger partial charge in [-0.3, -0.25) is 4.79 Å². The minimum absolute atomic E-state index is 0.154. The number of piperazine rings is 1. The summed E-state index contributed by atoms with van der Waals surface area (Å²) in [7, 11) is 2.10. The molecule has 0 radical (unpaired) electrons. The number of piperidine rings is 1. The summed E-state index contributed by atoms with van der Waals surface area (Å²) >= 11 is 0. The fourth-order valence-electron chi connectivity index (χ4n) is 3.69. The lowest BCUT2D eigenvalue weighted by Gasteiger charge is -2.33. The second-order valence-electron chi connectivity index (χ2n) is 6.93. The third-order valence-corrected chi connectivity index (χ3v) is 5.24. The van der Waals surface area contributed by atoms with Crippen LogP contribution in [0.1, 0.15) is 33.8 Å². The predicted octanol–water partition coefficient (Wildman–Crippen LogP) is 0.787. The maximum Gasteiger partial charge on any atom is 0.253 e. The van der Waals surface area contributed by atoms with Gasteiger partial charge in [0, 0.05) is 50.2 Å². The summed E-state index contributed by atoms with van der Waals surface area (Å²) < 4.78 is 0. The number of aryl methyl sites for hydroxylation is 1. The van der Waals surface area contributed by atoms with E-state index in [2.05, 4.69) is 30.3 Å². The lowest BCUT2D eigenvalue weighted by Crippen LogP contribution is -2.47. The molecule has 0 saturated carbocycles. The number of amides is 1. The highest BCUT2D eigenvalue weighted by atomic mass is 16.2. The molecule has 2 heterocycles. The molecule has 5 heteroatoms. The smallest absolute Gasteiger partial charge is 0.253 e. The Morgan fingerprint density at radius 3 is 2.65 bits per heavy atom. The van der Waals surface area contributed by atoms with Gasteiger partial charge in [0.2, 0.25) is 0 Å². The zero-order valence-electron chi connectivity index (χ0n) is 14.2. The highest BCUT2D eigenvalue weighted by Crippen LogP contribution is 2.28. The first-order valence-electron chi connectivity index (χ1n) is 8.61. The number of likely N-dealkylation sites (N-methyl/N-ethyl adjacent to an activating group) is 1. The number of benzene rings is 1. The lowest BCUT2D eigenvalue weighted by molar-refractivity contribution is 0.0664. The molecule has 2 unspecified atom stereocenters. The van der Waals surface area contributed by atoms with Crippen LogP contribution >= 0.6 is 0 Å². The Morgan fingerprint density at radius 1 is 1.26 bits per heavy atom. The van der Waals surface area contributed by atoms with Crippen LogP contribution in [0.3, 0.4) is 0 Å². The number of rotatable bonds is 2. The summed E-state index contributed by atoms with van der Waals surface area (Å²) in [6.07, 6.45) is 1.06. The minimum Gasteiger partial charge on any atom is -0.336 e. The lowest BCUT2D eigenvalue weighted by atomic mass is 9.83. The van der Waals surface area contributed by atoms with E-state index >= 15 is 0 Å². The number of nitrogens with zero attached hydrogens (tertiary/aromatic N) is 2. The fraction of sp³-hybridized carbons (Fsp3) is 0.611. The maximum absolute atomic E-state index is 12.7. The van der Waals surface area contributed by atoms with Crippen LogP contribution in [0, 0.1) is 6.92 Å². The van der Waals surface area contributed by atoms with Gasteiger partial charge >= 0.3 is 0 Å². The second kappa shape index (κ2) is 6.99. The van der Waals surface area contributed by atoms with Crippen molar-refractivity contribution in [1.29, 1.82) is 0 Å². The molecule has 3 N–H and O–H groups in total. The van der Waals surface area contributed by atoms with Crippen LogP contribution < -0.4 is 11.1 Å². The first kappa shape index (κ1) is 16.4. The van der Waals surface area contributed by atoms with Crippen molar-refractivity contribution < 1.29 is 4.79 Å². The number of hydrogen-bond donors (Lipinski definition) is 2. The molecule has 0 aromatic heterocycles. The summed E-state index contributed by atoms with van der Waals surface area (Å²) in [5.74, 6) is 0.548. The first-order valence-corrected chi connectivity index (χ1v) is 8.61. The van der Waals surface area contributed by atoms with Crippen LogP contribution in [0.2, 0.25) is 0 Å². The van der Waals surface area contributed by atoms with Gasteiger partial charge in [-0.2, -0.15) is 0 Å². The van der Waals surface area contributed by atoms with Gasteiger partial charge in [-0.1, -0.05) is 6.07 Å². The molecule has 2 saturated heterocycles. The predicted molar refractivity (Wildman–Crippen MR) is 92.8 cm³/mol. The van der Waals surface area contributed by atoms with Gasteiger partial charge in [0.05, 0.1) is 0 Å². The van der Waals surface area contributed by atoms with E-state index in [0.29, 0.717) is 5.92 Å². The van der Waals surface area contributed by atoms with Crippen LogP contribution in [0.4, 0.5) is 0 Å². The van der Waals surface area contributed by atoms with E-state index in [-0.39, 0.29) is 11.9 Å². The SMILES string of the molecule is Cc1cc(C(=O)N2CCN(C)CC2)ccc1C1CCNCC1N. The number of hydrogen-bond acceptors (Lipinski definition) is 4. The van der Waals surface area contributed by atoms with E-state index in [9.17, 15) is 4.79 Å². The average molecular weight is 316 g/mol. The third kappa shape index (κ3) is 3.57. The van der Waals surface area contributed by atoms with Crippen LogP contribution in [-0.2, 0) is 0 Å². The molecule has 1 aromatic carbocycles. The Balaban J connectivity index is 1.75. The van der Waals surface area contributed by atoms with Crippen molar-refractivity contribution in [2.45, 2.75) is 25.3 Å². The van der Waals surface area contributed by atoms with Gasteiger partial charge < -0.3 is 20.9 Å². The normalized spacial score (nSPS) is 26.3. The van der Waals surface area contributed by atoms with Gasteiger partial charge in [-0.15, -0.1) is 0 Å². The van der Waals surface area contributed by atoms with Crippen molar-refractivity contribution in [1.82, 2.24) is 15.1 Å². The summed E-state index contributed by atoms with van der Waals surface area (Å²) in [6.45, 7) is 7.51. The average Bonchev–Trinajstić information content (AvgIpc) is 2.56. The molecule has 2 aliphatic heterocycles. The van der Waals surface area contributed by atoms with E-state index in [0.717, 1.165) is 51.3 Å². The summed E-state index contributed by atoms with van der Waals surface area (Å²) in [5, 5.41) is 3.34. The third-order valence-electron chi connectivity index (χ3n) is 5.24. The Hall–Kier alpha value is -1.43. The molecule has 0 bridgehead atoms. The second-order valence-corrected chi connectivity index (χ2v) is 6.93. The van der Waals surface area contributed by atoms with Crippen LogP contribution in [0.15, 0.2) is 18.2 Å². The zero-order valence-corrected chi connectivity index (χ0v) is 14.2. The number of carbonyl (C=O) groups excluding carboxylic acids is 1. The molecule has 23 heavy (non-hydrogen) atoms. The van der Waals surface area contributed by atoms with Crippen LogP contribution in [0.5, 0.6) is 0 Å². The highest BCUT2D eigenvalue weighted by Gasteiger charge is 2.26. The van der Waals surface area contributed by atoms with Crippen LogP contribution in [0.25, 0.3) is 0 Å². The zero-order chi connectivity index (χ0) is 16.4. The van der Waals surface area contributed by atoms with Crippen molar-refractivity contribution in [3.63, 3.8) is 0 Å². The summed E-state index contributed by atoms with van der Waals surface area (Å²) in [4.78, 5) is 16.9. The van der Waals surface area contributed by atoms with E-state index in [1.807, 2.05) is 17.0 Å². The molecular formula is C18H28N4O. The topological polar surface area (TPSA) is 61.6 Å². The van der Waals surface area contributed by atoms with Gasteiger partial charge in [-0.25, -0.2) is 0 Å². The van der Waals surface area contributed by atoms with Gasteiger partial charge in [0.25, 0.3) is 5.91 Å². The Morgan fingerprint density at radius 2 is 2.00 bits per heavy atom. The minimum atomic E-state index is 0.154. The van der Waals surface area contributed by atoms with Crippen molar-refractivity contribution in [3.05, 3.63) is 34.9 Å². The Bertz CT molecular complexity index is 566. The molecule has 5 nitrogen and oxygen atoms in total. The van der Waals surface area contributed by atoms with Gasteiger partial charge in [-0.05, 0) is 50.2 Å². The molecule has 1 amide bonds. The molecule has 2 fully saturated rings. The number of carbonyl (C=O) groups is 1. The molecule has 3 rings (SSSR count). The van der Waals surface area contributed by atoms with Crippen molar-refractivity contribution in [3.8, 4) is 0 Å². The van der Waals surface area contributed by atoms with E-state index in [1.54, 1.807) is 0 Å². The highest BCUT2D eigenvalue weighted by molar-refractivity contribution is 5.94. The van der Waals surface area contributed by atoms with E-state index < -0.39 is 0 Å². The number of nitrogens with one attached hydrogen (secondary N) is 1. The Kier molecular flexibility index (Phi) is 4.99. The quantitative estimate of drug-likeness (QED) is 0.847. The Labute approximate surface area is 138 Å². The van der Waals surface area contributed by atoms with Crippen molar-refractivity contribution >= 4 is 5.91 Å².